The zero-order chi connectivity index (χ0) is 14.0. The number of nitrogens with two attached hydrogens (primary N) is 1. The molecule has 0 saturated carbocycles. The van der Waals surface area contributed by atoms with Gasteiger partial charge in [-0.1, -0.05) is 0 Å². The van der Waals surface area contributed by atoms with Gasteiger partial charge in [-0.25, -0.2) is 17.5 Å². The molecule has 0 bridgehead atoms. The molecule has 0 aliphatic carbocycles. The first-order valence-corrected chi connectivity index (χ1v) is 7.60. The molecule has 19 heavy (non-hydrogen) atoms. The number of likely N-dealkylation sites (N-methyl/N-ethyl adjacent to an activating group) is 1. The molecule has 1 atom stereocenters. The minimum absolute atomic E-state index is 0.0264. The zero-order valence-corrected chi connectivity index (χ0v) is 11.6. The number of likely N-dealkylation sites (tertiary alicyclic amines) is 1. The first-order valence-electron chi connectivity index (χ1n) is 6.12. The molecule has 1 aromatic carbocycles. The summed E-state index contributed by atoms with van der Waals surface area (Å²) in [5.41, 5.74) is 5.58. The summed E-state index contributed by atoms with van der Waals surface area (Å²) in [6.45, 7) is 1.52. The second-order valence-electron chi connectivity index (χ2n) is 4.83. The molecule has 2 rings (SSSR count). The second kappa shape index (κ2) is 5.54. The number of halogens is 1. The third-order valence-electron chi connectivity index (χ3n) is 3.26. The van der Waals surface area contributed by atoms with Gasteiger partial charge in [0, 0.05) is 24.7 Å². The van der Waals surface area contributed by atoms with E-state index in [4.69, 9.17) is 5.73 Å². The molecule has 1 saturated heterocycles. The third-order valence-corrected chi connectivity index (χ3v) is 4.78. The van der Waals surface area contributed by atoms with E-state index >= 15 is 0 Å². The minimum Gasteiger partial charge on any atom is -0.326 e. The lowest BCUT2D eigenvalue weighted by atomic mass is 10.2. The summed E-state index contributed by atoms with van der Waals surface area (Å²) in [6.07, 6.45) is 0.778. The highest BCUT2D eigenvalue weighted by Gasteiger charge is 2.25. The molecule has 1 aliphatic rings. The number of benzene rings is 1. The monoisotopic (exact) mass is 287 g/mol. The van der Waals surface area contributed by atoms with E-state index in [1.165, 1.54) is 12.1 Å². The summed E-state index contributed by atoms with van der Waals surface area (Å²) in [4.78, 5) is 2.12. The van der Waals surface area contributed by atoms with Crippen molar-refractivity contribution in [2.24, 2.45) is 5.73 Å². The number of hydrogen-bond acceptors (Lipinski definition) is 4. The Kier molecular flexibility index (Phi) is 4.19. The van der Waals surface area contributed by atoms with E-state index in [-0.39, 0.29) is 23.0 Å². The molecule has 1 fully saturated rings. The van der Waals surface area contributed by atoms with Crippen LogP contribution in [0.4, 0.5) is 4.39 Å². The highest BCUT2D eigenvalue weighted by atomic mass is 32.2. The summed E-state index contributed by atoms with van der Waals surface area (Å²) in [5.74, 6) is -0.484. The van der Waals surface area contributed by atoms with Crippen LogP contribution in [0.25, 0.3) is 0 Å². The molecule has 1 unspecified atom stereocenters. The lowest BCUT2D eigenvalue weighted by molar-refractivity contribution is 0.407. The van der Waals surface area contributed by atoms with Gasteiger partial charge in [0.1, 0.15) is 5.82 Å². The van der Waals surface area contributed by atoms with Gasteiger partial charge >= 0.3 is 0 Å². The van der Waals surface area contributed by atoms with E-state index < -0.39 is 15.8 Å². The Morgan fingerprint density at radius 2 is 2.26 bits per heavy atom. The van der Waals surface area contributed by atoms with Gasteiger partial charge in [-0.2, -0.15) is 0 Å². The predicted octanol–water partition coefficient (Wildman–Crippen LogP) is 0.267. The molecule has 1 aromatic rings. The van der Waals surface area contributed by atoms with Gasteiger partial charge in [-0.05, 0) is 38.2 Å². The average molecular weight is 287 g/mol. The SMILES string of the molecule is CN1CCC(NS(=O)(=O)c2ccc(F)c(CN)c2)C1. The Hall–Kier alpha value is -1.02. The molecular formula is C12H18FN3O2S. The van der Waals surface area contributed by atoms with Crippen LogP contribution in [0.3, 0.4) is 0 Å². The van der Waals surface area contributed by atoms with Crippen molar-refractivity contribution in [3.63, 3.8) is 0 Å². The van der Waals surface area contributed by atoms with Crippen molar-refractivity contribution >= 4 is 10.0 Å². The largest absolute Gasteiger partial charge is 0.326 e. The van der Waals surface area contributed by atoms with E-state index in [0.29, 0.717) is 6.54 Å². The lowest BCUT2D eigenvalue weighted by Crippen LogP contribution is -2.36. The summed E-state index contributed by atoms with van der Waals surface area (Å²) in [7, 11) is -1.67. The molecule has 0 spiro atoms. The number of hydrogen-bond donors (Lipinski definition) is 2. The molecule has 0 aromatic heterocycles. The van der Waals surface area contributed by atoms with Crippen LogP contribution in [0.15, 0.2) is 23.1 Å². The maximum atomic E-state index is 13.3. The summed E-state index contributed by atoms with van der Waals surface area (Å²) in [6, 6.07) is 3.59. The van der Waals surface area contributed by atoms with Crippen molar-refractivity contribution in [2.45, 2.75) is 23.9 Å². The van der Waals surface area contributed by atoms with Crippen LogP contribution in [0.2, 0.25) is 0 Å². The lowest BCUT2D eigenvalue weighted by Gasteiger charge is -2.14. The quantitative estimate of drug-likeness (QED) is 0.833. The predicted molar refractivity (Wildman–Crippen MR) is 70.5 cm³/mol. The molecular weight excluding hydrogens is 269 g/mol. The Morgan fingerprint density at radius 1 is 1.53 bits per heavy atom. The summed E-state index contributed by atoms with van der Waals surface area (Å²) in [5, 5.41) is 0. The number of nitrogens with one attached hydrogen (secondary N) is 1. The van der Waals surface area contributed by atoms with E-state index in [2.05, 4.69) is 9.62 Å². The Labute approximate surface area is 112 Å². The van der Waals surface area contributed by atoms with Gasteiger partial charge in [0.2, 0.25) is 10.0 Å². The fourth-order valence-corrected chi connectivity index (χ4v) is 3.51. The fraction of sp³-hybridized carbons (Fsp3) is 0.500. The molecule has 0 amide bonds. The van der Waals surface area contributed by atoms with Gasteiger partial charge in [0.05, 0.1) is 4.90 Å². The van der Waals surface area contributed by atoms with Crippen LogP contribution in [-0.2, 0) is 16.6 Å². The molecule has 1 aliphatic heterocycles. The van der Waals surface area contributed by atoms with Crippen LogP contribution < -0.4 is 10.5 Å². The fourth-order valence-electron chi connectivity index (χ4n) is 2.19. The Balaban J connectivity index is 2.19. The second-order valence-corrected chi connectivity index (χ2v) is 6.54. The van der Waals surface area contributed by atoms with Crippen molar-refractivity contribution in [3.8, 4) is 0 Å². The summed E-state index contributed by atoms with van der Waals surface area (Å²) < 4.78 is 40.3. The van der Waals surface area contributed by atoms with Gasteiger partial charge in [-0.15, -0.1) is 0 Å². The van der Waals surface area contributed by atoms with E-state index in [0.717, 1.165) is 19.0 Å². The van der Waals surface area contributed by atoms with Gasteiger partial charge in [0.25, 0.3) is 0 Å². The maximum absolute atomic E-state index is 13.3. The highest BCUT2D eigenvalue weighted by molar-refractivity contribution is 7.89. The molecule has 106 valence electrons. The number of sulfonamides is 1. The van der Waals surface area contributed by atoms with Crippen LogP contribution in [-0.4, -0.2) is 39.5 Å². The van der Waals surface area contributed by atoms with Crippen LogP contribution >= 0.6 is 0 Å². The first-order chi connectivity index (χ1) is 8.92. The van der Waals surface area contributed by atoms with Gasteiger partial charge < -0.3 is 10.6 Å². The van der Waals surface area contributed by atoms with Crippen LogP contribution in [0, 0.1) is 5.82 Å². The molecule has 0 radical (unpaired) electrons. The van der Waals surface area contributed by atoms with E-state index in [1.807, 2.05) is 7.05 Å². The topological polar surface area (TPSA) is 75.4 Å². The van der Waals surface area contributed by atoms with Crippen molar-refractivity contribution in [1.82, 2.24) is 9.62 Å². The highest BCUT2D eigenvalue weighted by Crippen LogP contribution is 2.16. The molecule has 5 nitrogen and oxygen atoms in total. The zero-order valence-electron chi connectivity index (χ0n) is 10.8. The maximum Gasteiger partial charge on any atom is 0.240 e. The van der Waals surface area contributed by atoms with E-state index in [1.54, 1.807) is 0 Å². The number of nitrogens with zero attached hydrogens (tertiary/aromatic N) is 1. The van der Waals surface area contributed by atoms with E-state index in [9.17, 15) is 12.8 Å². The van der Waals surface area contributed by atoms with Crippen molar-refractivity contribution in [2.75, 3.05) is 20.1 Å². The minimum atomic E-state index is -3.62. The molecule has 1 heterocycles. The average Bonchev–Trinajstić information content (AvgIpc) is 2.74. The first kappa shape index (κ1) is 14.4. The van der Waals surface area contributed by atoms with Crippen molar-refractivity contribution < 1.29 is 12.8 Å². The Bertz CT molecular complexity index is 562. The van der Waals surface area contributed by atoms with Crippen molar-refractivity contribution in [3.05, 3.63) is 29.6 Å². The van der Waals surface area contributed by atoms with Crippen molar-refractivity contribution in [1.29, 1.82) is 0 Å². The normalized spacial score (nSPS) is 20.9. The molecule has 7 heteroatoms. The number of rotatable bonds is 4. The smallest absolute Gasteiger partial charge is 0.240 e. The van der Waals surface area contributed by atoms with Crippen LogP contribution in [0.5, 0.6) is 0 Å². The van der Waals surface area contributed by atoms with Gasteiger partial charge in [-0.3, -0.25) is 0 Å². The summed E-state index contributed by atoms with van der Waals surface area (Å²) >= 11 is 0. The standard InChI is InChI=1S/C12H18FN3O2S/c1-16-5-4-10(8-16)15-19(17,18)11-2-3-12(13)9(6-11)7-14/h2-3,6,10,15H,4-5,7-8,14H2,1H3. The third kappa shape index (κ3) is 3.30. The van der Waals surface area contributed by atoms with Crippen LogP contribution in [0.1, 0.15) is 12.0 Å². The Morgan fingerprint density at radius 3 is 2.84 bits per heavy atom. The molecule has 3 N–H and O–H groups in total. The van der Waals surface area contributed by atoms with Gasteiger partial charge in [0.15, 0.2) is 0 Å².